The molecule has 2 rings (SSSR count). The van der Waals surface area contributed by atoms with Gasteiger partial charge < -0.3 is 19.5 Å². The second-order valence-electron chi connectivity index (χ2n) is 4.19. The smallest absolute Gasteiger partial charge is 0.253 e. The van der Waals surface area contributed by atoms with Gasteiger partial charge in [0.25, 0.3) is 5.91 Å². The lowest BCUT2D eigenvalue weighted by molar-refractivity contribution is -0.144. The van der Waals surface area contributed by atoms with Crippen molar-refractivity contribution in [1.29, 1.82) is 0 Å². The Morgan fingerprint density at radius 3 is 3.00 bits per heavy atom. The second-order valence-corrected chi connectivity index (χ2v) is 4.19. The van der Waals surface area contributed by atoms with Gasteiger partial charge in [-0.25, -0.2) is 0 Å². The molecule has 1 saturated heterocycles. The average molecular weight is 276 g/mol. The van der Waals surface area contributed by atoms with E-state index in [2.05, 4.69) is 10.5 Å². The Bertz CT molecular complexity index is 391. The summed E-state index contributed by atoms with van der Waals surface area (Å²) in [5.41, 5.74) is 0.752. The number of ether oxygens (including phenoxy) is 1. The summed E-state index contributed by atoms with van der Waals surface area (Å²) in [4.78, 5) is 13.6. The number of hydrogen-bond acceptors (Lipinski definition) is 5. The van der Waals surface area contributed by atoms with Crippen molar-refractivity contribution in [3.05, 3.63) is 17.5 Å². The Balaban J connectivity index is 0.00000162. The van der Waals surface area contributed by atoms with Crippen molar-refractivity contribution in [2.75, 3.05) is 26.7 Å². The molecule has 1 aromatic rings. The van der Waals surface area contributed by atoms with E-state index >= 15 is 0 Å². The number of amides is 1. The number of halogens is 1. The van der Waals surface area contributed by atoms with Gasteiger partial charge in [-0.3, -0.25) is 4.79 Å². The van der Waals surface area contributed by atoms with Gasteiger partial charge in [0.2, 0.25) is 0 Å². The van der Waals surface area contributed by atoms with E-state index in [0.29, 0.717) is 19.7 Å². The van der Waals surface area contributed by atoms with Gasteiger partial charge in [-0.15, -0.1) is 12.4 Å². The number of nitrogens with one attached hydrogen (secondary N) is 1. The van der Waals surface area contributed by atoms with Crippen molar-refractivity contribution in [3.8, 4) is 0 Å². The van der Waals surface area contributed by atoms with Gasteiger partial charge in [0.15, 0.2) is 0 Å². The van der Waals surface area contributed by atoms with Gasteiger partial charge in [-0.2, -0.15) is 0 Å². The van der Waals surface area contributed by atoms with E-state index in [4.69, 9.17) is 9.26 Å². The number of likely N-dealkylation sites (N-methyl/N-ethyl adjacent to an activating group) is 1. The summed E-state index contributed by atoms with van der Waals surface area (Å²) in [6, 6.07) is 1.82. The first kappa shape index (κ1) is 14.9. The van der Waals surface area contributed by atoms with Crippen LogP contribution in [0.5, 0.6) is 0 Å². The first-order valence-electron chi connectivity index (χ1n) is 5.66. The Morgan fingerprint density at radius 2 is 2.44 bits per heavy atom. The van der Waals surface area contributed by atoms with Gasteiger partial charge in [0.1, 0.15) is 17.6 Å². The van der Waals surface area contributed by atoms with E-state index in [-0.39, 0.29) is 24.4 Å². The standard InChI is InChI=1S/C11H17N3O3.ClH/c1-8-5-9(13-17-8)7-14(2)11(15)10-6-12-3-4-16-10;/h5,10,12H,3-4,6-7H2,1-2H3;1H. The molecule has 1 aliphatic heterocycles. The molecule has 1 N–H and O–H groups in total. The fourth-order valence-electron chi connectivity index (χ4n) is 1.78. The summed E-state index contributed by atoms with van der Waals surface area (Å²) in [6.07, 6.45) is -0.387. The van der Waals surface area contributed by atoms with E-state index < -0.39 is 0 Å². The van der Waals surface area contributed by atoms with Gasteiger partial charge in [-0.05, 0) is 6.92 Å². The summed E-state index contributed by atoms with van der Waals surface area (Å²) in [5.74, 6) is 0.717. The van der Waals surface area contributed by atoms with Crippen molar-refractivity contribution < 1.29 is 14.1 Å². The fourth-order valence-corrected chi connectivity index (χ4v) is 1.78. The molecule has 0 radical (unpaired) electrons. The highest BCUT2D eigenvalue weighted by Crippen LogP contribution is 2.07. The van der Waals surface area contributed by atoms with Crippen molar-refractivity contribution in [1.82, 2.24) is 15.4 Å². The molecule has 0 aliphatic carbocycles. The molecule has 102 valence electrons. The Morgan fingerprint density at radius 1 is 1.67 bits per heavy atom. The van der Waals surface area contributed by atoms with Gasteiger partial charge in [0, 0.05) is 26.2 Å². The lowest BCUT2D eigenvalue weighted by Gasteiger charge is -2.26. The van der Waals surface area contributed by atoms with Crippen LogP contribution in [0.3, 0.4) is 0 Å². The lowest BCUT2D eigenvalue weighted by atomic mass is 10.2. The SMILES string of the molecule is Cc1cc(CN(C)C(=O)C2CNCCO2)no1.Cl. The lowest BCUT2D eigenvalue weighted by Crippen LogP contribution is -2.48. The first-order valence-corrected chi connectivity index (χ1v) is 5.66. The highest BCUT2D eigenvalue weighted by atomic mass is 35.5. The van der Waals surface area contributed by atoms with Crippen molar-refractivity contribution >= 4 is 18.3 Å². The topological polar surface area (TPSA) is 67.6 Å². The van der Waals surface area contributed by atoms with Crippen LogP contribution in [-0.4, -0.2) is 48.8 Å². The molecular weight excluding hydrogens is 258 g/mol. The normalized spacial score (nSPS) is 19.1. The summed E-state index contributed by atoms with van der Waals surface area (Å²) in [5, 5.41) is 6.99. The number of hydrogen-bond donors (Lipinski definition) is 1. The zero-order valence-electron chi connectivity index (χ0n) is 10.5. The number of aryl methyl sites for hydroxylation is 1. The van der Waals surface area contributed by atoms with Crippen LogP contribution < -0.4 is 5.32 Å². The van der Waals surface area contributed by atoms with Crippen LogP contribution in [0.15, 0.2) is 10.6 Å². The molecule has 1 aliphatic rings. The predicted molar refractivity (Wildman–Crippen MR) is 67.6 cm³/mol. The molecule has 0 aromatic carbocycles. The van der Waals surface area contributed by atoms with E-state index in [9.17, 15) is 4.79 Å². The molecule has 0 saturated carbocycles. The zero-order chi connectivity index (χ0) is 12.3. The van der Waals surface area contributed by atoms with Crippen molar-refractivity contribution in [2.24, 2.45) is 0 Å². The molecule has 18 heavy (non-hydrogen) atoms. The number of rotatable bonds is 3. The van der Waals surface area contributed by atoms with E-state index in [0.717, 1.165) is 18.0 Å². The quantitative estimate of drug-likeness (QED) is 0.862. The summed E-state index contributed by atoms with van der Waals surface area (Å²) in [7, 11) is 1.74. The largest absolute Gasteiger partial charge is 0.366 e. The van der Waals surface area contributed by atoms with Crippen LogP contribution in [0.1, 0.15) is 11.5 Å². The molecule has 1 amide bonds. The van der Waals surface area contributed by atoms with Crippen LogP contribution in [-0.2, 0) is 16.1 Å². The Labute approximate surface area is 112 Å². The summed E-state index contributed by atoms with van der Waals surface area (Å²) in [6.45, 7) is 4.22. The summed E-state index contributed by atoms with van der Waals surface area (Å²) >= 11 is 0. The van der Waals surface area contributed by atoms with Gasteiger partial charge in [0.05, 0.1) is 13.2 Å². The number of aromatic nitrogens is 1. The Kier molecular flexibility index (Phi) is 5.58. The average Bonchev–Trinajstić information content (AvgIpc) is 2.75. The molecule has 1 aromatic heterocycles. The molecular formula is C11H18ClN3O3. The molecule has 7 heteroatoms. The third kappa shape index (κ3) is 3.69. The maximum Gasteiger partial charge on any atom is 0.253 e. The molecule has 0 bridgehead atoms. The molecule has 2 heterocycles. The third-order valence-corrected chi connectivity index (χ3v) is 2.66. The summed E-state index contributed by atoms with van der Waals surface area (Å²) < 4.78 is 10.4. The van der Waals surface area contributed by atoms with E-state index in [1.165, 1.54) is 0 Å². The zero-order valence-corrected chi connectivity index (χ0v) is 11.3. The Hall–Kier alpha value is -1.11. The van der Waals surface area contributed by atoms with Crippen molar-refractivity contribution in [2.45, 2.75) is 19.6 Å². The fraction of sp³-hybridized carbons (Fsp3) is 0.636. The number of morpholine rings is 1. The van der Waals surface area contributed by atoms with Gasteiger partial charge >= 0.3 is 0 Å². The van der Waals surface area contributed by atoms with Gasteiger partial charge in [-0.1, -0.05) is 5.16 Å². The minimum atomic E-state index is -0.387. The second kappa shape index (κ2) is 6.72. The first-order chi connectivity index (χ1) is 8.16. The minimum Gasteiger partial charge on any atom is -0.366 e. The third-order valence-electron chi connectivity index (χ3n) is 2.66. The molecule has 1 unspecified atom stereocenters. The molecule has 1 atom stereocenters. The van der Waals surface area contributed by atoms with Crippen LogP contribution >= 0.6 is 12.4 Å². The molecule has 1 fully saturated rings. The van der Waals surface area contributed by atoms with Crippen LogP contribution in [0.2, 0.25) is 0 Å². The van der Waals surface area contributed by atoms with Crippen LogP contribution in [0.25, 0.3) is 0 Å². The van der Waals surface area contributed by atoms with Crippen molar-refractivity contribution in [3.63, 3.8) is 0 Å². The van der Waals surface area contributed by atoms with Crippen LogP contribution in [0.4, 0.5) is 0 Å². The number of nitrogens with zero attached hydrogens (tertiary/aromatic N) is 2. The maximum absolute atomic E-state index is 12.0. The highest BCUT2D eigenvalue weighted by molar-refractivity contribution is 5.85. The number of carbonyl (C=O) groups is 1. The number of carbonyl (C=O) groups excluding carboxylic acids is 1. The molecule has 6 nitrogen and oxygen atoms in total. The molecule has 0 spiro atoms. The highest BCUT2D eigenvalue weighted by Gasteiger charge is 2.25. The van der Waals surface area contributed by atoms with E-state index in [1.54, 1.807) is 11.9 Å². The maximum atomic E-state index is 12.0. The monoisotopic (exact) mass is 275 g/mol. The van der Waals surface area contributed by atoms with E-state index in [1.807, 2.05) is 13.0 Å². The minimum absolute atomic E-state index is 0. The van der Waals surface area contributed by atoms with Crippen LogP contribution in [0, 0.1) is 6.92 Å². The predicted octanol–water partition coefficient (Wildman–Crippen LogP) is 0.352.